The highest BCUT2D eigenvalue weighted by atomic mass is 19.1. The van der Waals surface area contributed by atoms with E-state index >= 15 is 0 Å². The third kappa shape index (κ3) is 7.80. The summed E-state index contributed by atoms with van der Waals surface area (Å²) >= 11 is 0. The van der Waals surface area contributed by atoms with E-state index in [0.717, 1.165) is 35.1 Å². The lowest BCUT2D eigenvalue weighted by atomic mass is 10.0. The Morgan fingerprint density at radius 3 is 2.43 bits per heavy atom. The van der Waals surface area contributed by atoms with Crippen LogP contribution in [-0.4, -0.2) is 77.5 Å². The normalized spacial score (nSPS) is 17.6. The van der Waals surface area contributed by atoms with E-state index in [-0.39, 0.29) is 37.7 Å². The second-order valence-electron chi connectivity index (χ2n) is 9.48. The number of nitrogens with one attached hydrogen (secondary N) is 2. The Balaban J connectivity index is 1.67. The van der Waals surface area contributed by atoms with Crippen LogP contribution in [0.3, 0.4) is 0 Å². The molecule has 2 aromatic rings. The maximum atomic E-state index is 13.8. The topological polar surface area (TPSA) is 102 Å². The molecule has 8 nitrogen and oxygen atoms in total. The molecule has 3 atom stereocenters. The number of likely N-dealkylation sites (N-methyl/N-ethyl adjacent to an activating group) is 1. The Hall–Kier alpha value is -3.37. The number of aliphatic hydroxyl groups excluding tert-OH is 1. The number of carbonyl (C=O) groups is 3. The number of rotatable bonds is 11. The summed E-state index contributed by atoms with van der Waals surface area (Å²) < 4.78 is 27.5. The number of amides is 3. The van der Waals surface area contributed by atoms with Crippen LogP contribution in [-0.2, 0) is 33.8 Å². The first kappa shape index (κ1) is 28.2. The van der Waals surface area contributed by atoms with Crippen molar-refractivity contribution in [3.05, 3.63) is 70.8 Å². The summed E-state index contributed by atoms with van der Waals surface area (Å²) in [6, 6.07) is 9.87. The van der Waals surface area contributed by atoms with Gasteiger partial charge in [0.1, 0.15) is 18.2 Å². The van der Waals surface area contributed by atoms with E-state index in [1.807, 2.05) is 18.2 Å². The minimum Gasteiger partial charge on any atom is -0.390 e. The summed E-state index contributed by atoms with van der Waals surface area (Å²) in [5.41, 5.74) is 2.48. The van der Waals surface area contributed by atoms with Gasteiger partial charge in [0, 0.05) is 38.8 Å². The molecule has 0 unspecified atom stereocenters. The molecule has 1 aliphatic rings. The molecule has 0 radical (unpaired) electrons. The van der Waals surface area contributed by atoms with Crippen LogP contribution in [0.5, 0.6) is 0 Å². The molecule has 10 heteroatoms. The van der Waals surface area contributed by atoms with Gasteiger partial charge in [-0.3, -0.25) is 14.4 Å². The third-order valence-electron chi connectivity index (χ3n) is 6.54. The van der Waals surface area contributed by atoms with Gasteiger partial charge < -0.3 is 25.5 Å². The number of benzene rings is 2. The molecule has 0 bridgehead atoms. The van der Waals surface area contributed by atoms with E-state index in [9.17, 15) is 28.3 Å². The first-order chi connectivity index (χ1) is 17.6. The molecule has 0 aromatic heterocycles. The van der Waals surface area contributed by atoms with Gasteiger partial charge in [-0.1, -0.05) is 31.2 Å². The lowest BCUT2D eigenvalue weighted by Crippen LogP contribution is -2.59. The molecule has 1 fully saturated rings. The van der Waals surface area contributed by atoms with Crippen LogP contribution in [0.15, 0.2) is 42.5 Å². The molecule has 37 heavy (non-hydrogen) atoms. The number of carbonyl (C=O) groups excluding carboxylic acids is 3. The zero-order valence-corrected chi connectivity index (χ0v) is 21.3. The maximum absolute atomic E-state index is 13.8. The molecule has 200 valence electrons. The lowest BCUT2D eigenvalue weighted by Gasteiger charge is -2.36. The SMILES string of the molecule is CCc1cccc(CNC[C@H](O)[C@H](Cc2cc(F)cc(F)c2)NC(=O)CN2C[C@H](C)N(C)C(=O)C2=O)c1. The summed E-state index contributed by atoms with van der Waals surface area (Å²) in [5, 5.41) is 16.8. The molecular weight excluding hydrogens is 482 g/mol. The van der Waals surface area contributed by atoms with Crippen LogP contribution in [0.4, 0.5) is 8.78 Å². The van der Waals surface area contributed by atoms with Gasteiger partial charge in [-0.2, -0.15) is 0 Å². The van der Waals surface area contributed by atoms with E-state index in [0.29, 0.717) is 6.54 Å². The molecule has 2 aromatic carbocycles. The number of hydrogen-bond donors (Lipinski definition) is 3. The van der Waals surface area contributed by atoms with Crippen molar-refractivity contribution < 1.29 is 28.3 Å². The fourth-order valence-electron chi connectivity index (χ4n) is 4.30. The fourth-order valence-corrected chi connectivity index (χ4v) is 4.30. The standard InChI is InChI=1S/C27H34F2N4O4/c1-4-18-6-5-7-19(8-18)13-30-14-24(34)23(11-20-9-21(28)12-22(29)10-20)31-25(35)16-33-15-17(2)32(3)26(36)27(33)37/h5-10,12,17,23-24,30,34H,4,11,13-16H2,1-3H3,(H,31,35)/t17-,23-,24-/m0/s1. The monoisotopic (exact) mass is 516 g/mol. The smallest absolute Gasteiger partial charge is 0.312 e. The van der Waals surface area contributed by atoms with Crippen molar-refractivity contribution in [2.45, 2.75) is 51.4 Å². The maximum Gasteiger partial charge on any atom is 0.312 e. The molecule has 0 aliphatic carbocycles. The van der Waals surface area contributed by atoms with Gasteiger partial charge in [0.25, 0.3) is 0 Å². The second-order valence-corrected chi connectivity index (χ2v) is 9.48. The predicted octanol–water partition coefficient (Wildman–Crippen LogP) is 1.39. The largest absolute Gasteiger partial charge is 0.390 e. The van der Waals surface area contributed by atoms with Crippen LogP contribution < -0.4 is 10.6 Å². The number of aryl methyl sites for hydroxylation is 1. The van der Waals surface area contributed by atoms with Gasteiger partial charge in [0.05, 0.1) is 12.1 Å². The average molecular weight is 517 g/mol. The quantitative estimate of drug-likeness (QED) is 0.392. The van der Waals surface area contributed by atoms with Crippen LogP contribution in [0, 0.1) is 11.6 Å². The number of nitrogens with zero attached hydrogens (tertiary/aromatic N) is 2. The highest BCUT2D eigenvalue weighted by molar-refractivity contribution is 6.35. The highest BCUT2D eigenvalue weighted by Gasteiger charge is 2.36. The van der Waals surface area contributed by atoms with E-state index in [1.165, 1.54) is 17.5 Å². The number of hydrogen-bond acceptors (Lipinski definition) is 5. The Morgan fingerprint density at radius 1 is 1.08 bits per heavy atom. The van der Waals surface area contributed by atoms with Crippen molar-refractivity contribution >= 4 is 17.7 Å². The first-order valence-corrected chi connectivity index (χ1v) is 12.3. The Morgan fingerprint density at radius 2 is 1.76 bits per heavy atom. The van der Waals surface area contributed by atoms with Gasteiger partial charge in [-0.25, -0.2) is 8.78 Å². The molecule has 0 saturated carbocycles. The third-order valence-corrected chi connectivity index (χ3v) is 6.54. The minimum atomic E-state index is -1.10. The van der Waals surface area contributed by atoms with Crippen LogP contribution in [0.1, 0.15) is 30.5 Å². The number of piperazine rings is 1. The predicted molar refractivity (Wildman–Crippen MR) is 134 cm³/mol. The van der Waals surface area contributed by atoms with E-state index in [1.54, 1.807) is 6.92 Å². The zero-order chi connectivity index (χ0) is 27.1. The van der Waals surface area contributed by atoms with Crippen molar-refractivity contribution in [1.29, 1.82) is 0 Å². The summed E-state index contributed by atoms with van der Waals surface area (Å²) in [6.45, 7) is 4.22. The van der Waals surface area contributed by atoms with Crippen molar-refractivity contribution in [3.63, 3.8) is 0 Å². The van der Waals surface area contributed by atoms with Crippen LogP contribution in [0.2, 0.25) is 0 Å². The minimum absolute atomic E-state index is 0.0411. The van der Waals surface area contributed by atoms with Gasteiger partial charge in [0.15, 0.2) is 0 Å². The zero-order valence-electron chi connectivity index (χ0n) is 21.3. The van der Waals surface area contributed by atoms with E-state index in [4.69, 9.17) is 0 Å². The Kier molecular flexibility index (Phi) is 9.71. The van der Waals surface area contributed by atoms with Gasteiger partial charge >= 0.3 is 11.8 Å². The molecule has 0 spiro atoms. The Bertz CT molecular complexity index is 1110. The molecule has 1 heterocycles. The first-order valence-electron chi connectivity index (χ1n) is 12.3. The molecule has 3 N–H and O–H groups in total. The molecule has 3 rings (SSSR count). The van der Waals surface area contributed by atoms with Gasteiger partial charge in [-0.15, -0.1) is 0 Å². The van der Waals surface area contributed by atoms with E-state index in [2.05, 4.69) is 23.6 Å². The van der Waals surface area contributed by atoms with Gasteiger partial charge in [0.2, 0.25) is 5.91 Å². The summed E-state index contributed by atoms with van der Waals surface area (Å²) in [7, 11) is 1.53. The van der Waals surface area contributed by atoms with Crippen molar-refractivity contribution in [1.82, 2.24) is 20.4 Å². The number of halogens is 2. The second kappa shape index (κ2) is 12.7. The molecule has 1 saturated heterocycles. The van der Waals surface area contributed by atoms with E-state index < -0.39 is 41.5 Å². The van der Waals surface area contributed by atoms with Crippen molar-refractivity contribution in [2.75, 3.05) is 26.7 Å². The molecule has 1 aliphatic heterocycles. The van der Waals surface area contributed by atoms with Crippen molar-refractivity contribution in [2.24, 2.45) is 0 Å². The summed E-state index contributed by atoms with van der Waals surface area (Å²) in [5.74, 6) is -3.60. The summed E-state index contributed by atoms with van der Waals surface area (Å²) in [4.78, 5) is 39.8. The summed E-state index contributed by atoms with van der Waals surface area (Å²) in [6.07, 6.45) is -0.247. The van der Waals surface area contributed by atoms with Crippen LogP contribution >= 0.6 is 0 Å². The fraction of sp³-hybridized carbons (Fsp3) is 0.444. The molecular formula is C27H34F2N4O4. The van der Waals surface area contributed by atoms with Gasteiger partial charge in [-0.05, 0) is 48.6 Å². The van der Waals surface area contributed by atoms with Crippen LogP contribution in [0.25, 0.3) is 0 Å². The van der Waals surface area contributed by atoms with Crippen molar-refractivity contribution in [3.8, 4) is 0 Å². The highest BCUT2D eigenvalue weighted by Crippen LogP contribution is 2.13. The Labute approximate surface area is 215 Å². The molecule has 3 amide bonds. The number of aliphatic hydroxyl groups is 1. The lowest BCUT2D eigenvalue weighted by molar-refractivity contribution is -0.158. The average Bonchev–Trinajstić information content (AvgIpc) is 2.85.